The van der Waals surface area contributed by atoms with Gasteiger partial charge >= 0.3 is 5.97 Å². The van der Waals surface area contributed by atoms with Gasteiger partial charge in [0.25, 0.3) is 0 Å². The molecule has 1 aromatic carbocycles. The fourth-order valence-corrected chi connectivity index (χ4v) is 4.74. The van der Waals surface area contributed by atoms with Crippen molar-refractivity contribution in [1.29, 1.82) is 0 Å². The van der Waals surface area contributed by atoms with E-state index in [1.165, 1.54) is 18.2 Å². The van der Waals surface area contributed by atoms with Crippen molar-refractivity contribution in [2.75, 3.05) is 0 Å². The Bertz CT molecular complexity index is 646. The molecule has 0 aromatic heterocycles. The quantitative estimate of drug-likeness (QED) is 0.740. The van der Waals surface area contributed by atoms with Gasteiger partial charge in [-0.15, -0.1) is 0 Å². The number of aliphatic hydroxyl groups is 1. The highest BCUT2D eigenvalue weighted by molar-refractivity contribution is 9.10. The maximum absolute atomic E-state index is 12.3. The third-order valence-corrected chi connectivity index (χ3v) is 5.97. The van der Waals surface area contributed by atoms with Crippen LogP contribution in [0.25, 0.3) is 0 Å². The Morgan fingerprint density at radius 1 is 1.29 bits per heavy atom. The van der Waals surface area contributed by atoms with Crippen LogP contribution >= 0.6 is 15.9 Å². The van der Waals surface area contributed by atoms with E-state index >= 15 is 0 Å². The van der Waals surface area contributed by atoms with Gasteiger partial charge in [-0.3, -0.25) is 0 Å². The van der Waals surface area contributed by atoms with E-state index in [0.29, 0.717) is 12.8 Å². The monoisotopic (exact) mass is 377 g/mol. The SMILES string of the molecule is O=C(O)c1ccc(S(=O)(=O)N[C@@H]2CCCC[C@H]2O)c(Br)c1. The van der Waals surface area contributed by atoms with E-state index in [4.69, 9.17) is 5.11 Å². The van der Waals surface area contributed by atoms with Gasteiger partial charge in [-0.1, -0.05) is 12.8 Å². The third-order valence-electron chi connectivity index (χ3n) is 3.50. The number of sulfonamides is 1. The summed E-state index contributed by atoms with van der Waals surface area (Å²) in [5, 5.41) is 18.7. The lowest BCUT2D eigenvalue weighted by Gasteiger charge is -2.28. The molecular formula is C13H16BrNO5S. The second-order valence-electron chi connectivity index (χ2n) is 5.03. The summed E-state index contributed by atoms with van der Waals surface area (Å²) in [5.74, 6) is -1.13. The minimum atomic E-state index is -3.82. The van der Waals surface area contributed by atoms with Crippen LogP contribution in [0.4, 0.5) is 0 Å². The second-order valence-corrected chi connectivity index (χ2v) is 7.57. The molecule has 6 nitrogen and oxygen atoms in total. The Kier molecular flexibility index (Phi) is 5.03. The van der Waals surface area contributed by atoms with E-state index in [9.17, 15) is 18.3 Å². The highest BCUT2D eigenvalue weighted by Crippen LogP contribution is 2.25. The molecular weight excluding hydrogens is 362 g/mol. The van der Waals surface area contributed by atoms with Crippen molar-refractivity contribution in [2.24, 2.45) is 0 Å². The molecule has 0 amide bonds. The van der Waals surface area contributed by atoms with Crippen molar-refractivity contribution in [3.8, 4) is 0 Å². The molecule has 1 aromatic rings. The Morgan fingerprint density at radius 3 is 2.52 bits per heavy atom. The molecule has 0 bridgehead atoms. The summed E-state index contributed by atoms with van der Waals surface area (Å²) in [6.07, 6.45) is 2.22. The van der Waals surface area contributed by atoms with E-state index in [-0.39, 0.29) is 14.9 Å². The number of rotatable bonds is 4. The van der Waals surface area contributed by atoms with Gasteiger partial charge in [-0.2, -0.15) is 0 Å². The largest absolute Gasteiger partial charge is 0.478 e. The van der Waals surface area contributed by atoms with Crippen molar-refractivity contribution >= 4 is 31.9 Å². The first-order valence-electron chi connectivity index (χ1n) is 6.54. The predicted molar refractivity (Wildman–Crippen MR) is 79.7 cm³/mol. The zero-order valence-electron chi connectivity index (χ0n) is 11.1. The lowest BCUT2D eigenvalue weighted by Crippen LogP contribution is -2.45. The van der Waals surface area contributed by atoms with E-state index < -0.39 is 28.1 Å². The number of hydrogen-bond acceptors (Lipinski definition) is 4. The summed E-state index contributed by atoms with van der Waals surface area (Å²) in [4.78, 5) is 10.8. The number of benzene rings is 1. The third kappa shape index (κ3) is 3.82. The molecule has 21 heavy (non-hydrogen) atoms. The first kappa shape index (κ1) is 16.4. The van der Waals surface area contributed by atoms with Crippen molar-refractivity contribution in [2.45, 2.75) is 42.7 Å². The standard InChI is InChI=1S/C13H16BrNO5S/c14-9-7-8(13(17)18)5-6-12(9)21(19,20)15-10-3-1-2-4-11(10)16/h5-7,10-11,15-16H,1-4H2,(H,17,18)/t10-,11-/m1/s1. The lowest BCUT2D eigenvalue weighted by atomic mass is 9.93. The summed E-state index contributed by atoms with van der Waals surface area (Å²) in [6.45, 7) is 0. The van der Waals surface area contributed by atoms with Crippen LogP contribution in [0, 0.1) is 0 Å². The van der Waals surface area contributed by atoms with Gasteiger partial charge in [-0.05, 0) is 47.0 Å². The number of carbonyl (C=O) groups is 1. The zero-order valence-corrected chi connectivity index (χ0v) is 13.5. The van der Waals surface area contributed by atoms with Crippen molar-refractivity contribution < 1.29 is 23.4 Å². The van der Waals surface area contributed by atoms with Crippen LogP contribution in [0.5, 0.6) is 0 Å². The van der Waals surface area contributed by atoms with Crippen molar-refractivity contribution in [1.82, 2.24) is 4.72 Å². The number of hydrogen-bond donors (Lipinski definition) is 3. The van der Waals surface area contributed by atoms with Gasteiger partial charge in [-0.25, -0.2) is 17.9 Å². The molecule has 1 saturated carbocycles. The van der Waals surface area contributed by atoms with Gasteiger partial charge in [0, 0.05) is 10.5 Å². The number of carboxylic acid groups (broad SMARTS) is 1. The van der Waals surface area contributed by atoms with Crippen LogP contribution in [-0.4, -0.2) is 36.7 Å². The minimum absolute atomic E-state index is 0.00136. The summed E-state index contributed by atoms with van der Waals surface area (Å²) in [6, 6.07) is 3.22. The number of nitrogens with one attached hydrogen (secondary N) is 1. The molecule has 1 aliphatic rings. The van der Waals surface area contributed by atoms with Crippen LogP contribution in [0.15, 0.2) is 27.6 Å². The predicted octanol–water partition coefficient (Wildman–Crippen LogP) is 1.73. The fourth-order valence-electron chi connectivity index (χ4n) is 2.36. The van der Waals surface area contributed by atoms with Crippen LogP contribution in [0.2, 0.25) is 0 Å². The molecule has 0 heterocycles. The molecule has 0 saturated heterocycles. The maximum Gasteiger partial charge on any atom is 0.335 e. The normalized spacial score (nSPS) is 23.0. The maximum atomic E-state index is 12.3. The molecule has 0 aliphatic heterocycles. The highest BCUT2D eigenvalue weighted by atomic mass is 79.9. The Hall–Kier alpha value is -0.960. The number of aromatic carboxylic acids is 1. The molecule has 2 atom stereocenters. The molecule has 3 N–H and O–H groups in total. The molecule has 0 radical (unpaired) electrons. The van der Waals surface area contributed by atoms with Crippen LogP contribution < -0.4 is 4.72 Å². The highest BCUT2D eigenvalue weighted by Gasteiger charge is 2.29. The fraction of sp³-hybridized carbons (Fsp3) is 0.462. The van der Waals surface area contributed by atoms with E-state index in [2.05, 4.69) is 20.7 Å². The molecule has 0 unspecified atom stereocenters. The van der Waals surface area contributed by atoms with E-state index in [1.54, 1.807) is 0 Å². The van der Waals surface area contributed by atoms with Crippen molar-refractivity contribution in [3.05, 3.63) is 28.2 Å². The van der Waals surface area contributed by atoms with Crippen LogP contribution in [0.3, 0.4) is 0 Å². The Morgan fingerprint density at radius 2 is 1.95 bits per heavy atom. The van der Waals surface area contributed by atoms with Gasteiger partial charge < -0.3 is 10.2 Å². The van der Waals surface area contributed by atoms with Crippen LogP contribution in [-0.2, 0) is 10.0 Å². The number of aliphatic hydroxyl groups excluding tert-OH is 1. The average molecular weight is 378 g/mol. The summed E-state index contributed by atoms with van der Waals surface area (Å²) in [5.41, 5.74) is -0.00136. The minimum Gasteiger partial charge on any atom is -0.478 e. The average Bonchev–Trinajstić information content (AvgIpc) is 2.40. The number of halogens is 1. The summed E-state index contributed by atoms with van der Waals surface area (Å²) >= 11 is 3.09. The Balaban J connectivity index is 2.25. The second kappa shape index (κ2) is 6.43. The van der Waals surface area contributed by atoms with Crippen molar-refractivity contribution in [3.63, 3.8) is 0 Å². The van der Waals surface area contributed by atoms with E-state index in [1.807, 2.05) is 0 Å². The first-order chi connectivity index (χ1) is 9.81. The van der Waals surface area contributed by atoms with Crippen LogP contribution in [0.1, 0.15) is 36.0 Å². The smallest absolute Gasteiger partial charge is 0.335 e. The molecule has 8 heteroatoms. The molecule has 2 rings (SSSR count). The topological polar surface area (TPSA) is 104 Å². The zero-order chi connectivity index (χ0) is 15.6. The molecule has 1 fully saturated rings. The van der Waals surface area contributed by atoms with Gasteiger partial charge in [0.1, 0.15) is 0 Å². The Labute approximate surface area is 131 Å². The van der Waals surface area contributed by atoms with Gasteiger partial charge in [0.2, 0.25) is 10.0 Å². The summed E-state index contributed by atoms with van der Waals surface area (Å²) in [7, 11) is -3.82. The number of carboxylic acids is 1. The molecule has 1 aliphatic carbocycles. The summed E-state index contributed by atoms with van der Waals surface area (Å²) < 4.78 is 27.4. The molecule has 116 valence electrons. The molecule has 0 spiro atoms. The van der Waals surface area contributed by atoms with Gasteiger partial charge in [0.05, 0.1) is 16.6 Å². The first-order valence-corrected chi connectivity index (χ1v) is 8.82. The lowest BCUT2D eigenvalue weighted by molar-refractivity contribution is 0.0696. The van der Waals surface area contributed by atoms with Gasteiger partial charge in [0.15, 0.2) is 0 Å². The van der Waals surface area contributed by atoms with E-state index in [0.717, 1.165) is 12.8 Å².